The number of rotatable bonds is 8. The van der Waals surface area contributed by atoms with Gasteiger partial charge in [-0.25, -0.2) is 0 Å². The van der Waals surface area contributed by atoms with Gasteiger partial charge in [-0.15, -0.1) is 0 Å². The zero-order valence-electron chi connectivity index (χ0n) is 11.3. The molecule has 0 aromatic heterocycles. The largest absolute Gasteiger partial charge is 0.352 e. The van der Waals surface area contributed by atoms with E-state index in [4.69, 9.17) is 21.1 Å². The zero-order chi connectivity index (χ0) is 13.4. The molecule has 1 N–H and O–H groups in total. The van der Waals surface area contributed by atoms with Gasteiger partial charge in [-0.3, -0.25) is 0 Å². The third kappa shape index (κ3) is 5.36. The first-order valence-corrected chi connectivity index (χ1v) is 6.74. The molecule has 0 saturated heterocycles. The number of hydrogen-bond acceptors (Lipinski definition) is 3. The quantitative estimate of drug-likeness (QED) is 0.737. The van der Waals surface area contributed by atoms with Crippen LogP contribution in [-0.4, -0.2) is 26.0 Å². The SMILES string of the molecule is CCOC(CNCc1ccc(C)c(Cl)c1)OCC. The Labute approximate surface area is 114 Å². The molecule has 4 heteroatoms. The Hall–Kier alpha value is -0.610. The van der Waals surface area contributed by atoms with Gasteiger partial charge in [-0.05, 0) is 38.0 Å². The number of hydrogen-bond donors (Lipinski definition) is 1. The fraction of sp³-hybridized carbons (Fsp3) is 0.571. The monoisotopic (exact) mass is 271 g/mol. The van der Waals surface area contributed by atoms with E-state index in [0.717, 1.165) is 22.7 Å². The van der Waals surface area contributed by atoms with Crippen LogP contribution < -0.4 is 5.32 Å². The van der Waals surface area contributed by atoms with Gasteiger partial charge >= 0.3 is 0 Å². The van der Waals surface area contributed by atoms with Crippen LogP contribution >= 0.6 is 11.6 Å². The van der Waals surface area contributed by atoms with E-state index in [2.05, 4.69) is 11.4 Å². The minimum atomic E-state index is -0.180. The Bertz CT molecular complexity index is 352. The van der Waals surface area contributed by atoms with E-state index in [1.807, 2.05) is 32.9 Å². The molecule has 0 bridgehead atoms. The lowest BCUT2D eigenvalue weighted by atomic mass is 10.1. The molecule has 0 fully saturated rings. The molecule has 0 spiro atoms. The summed E-state index contributed by atoms with van der Waals surface area (Å²) in [7, 11) is 0. The summed E-state index contributed by atoms with van der Waals surface area (Å²) in [5, 5.41) is 4.12. The summed E-state index contributed by atoms with van der Waals surface area (Å²) in [6.45, 7) is 8.67. The van der Waals surface area contributed by atoms with E-state index in [9.17, 15) is 0 Å². The van der Waals surface area contributed by atoms with Crippen molar-refractivity contribution in [1.29, 1.82) is 0 Å². The fourth-order valence-electron chi connectivity index (χ4n) is 1.62. The van der Waals surface area contributed by atoms with Crippen LogP contribution in [-0.2, 0) is 16.0 Å². The molecule has 1 aromatic rings. The van der Waals surface area contributed by atoms with Crippen molar-refractivity contribution in [3.63, 3.8) is 0 Å². The van der Waals surface area contributed by atoms with E-state index < -0.39 is 0 Å². The van der Waals surface area contributed by atoms with Crippen molar-refractivity contribution in [2.75, 3.05) is 19.8 Å². The summed E-state index contributed by atoms with van der Waals surface area (Å²) in [5.74, 6) is 0. The summed E-state index contributed by atoms with van der Waals surface area (Å²) in [5.41, 5.74) is 2.26. The maximum absolute atomic E-state index is 6.08. The maximum Gasteiger partial charge on any atom is 0.169 e. The Balaban J connectivity index is 2.37. The number of halogens is 1. The van der Waals surface area contributed by atoms with Crippen LogP contribution in [0.1, 0.15) is 25.0 Å². The van der Waals surface area contributed by atoms with Gasteiger partial charge < -0.3 is 14.8 Å². The number of benzene rings is 1. The molecular formula is C14H22ClNO2. The minimum absolute atomic E-state index is 0.180. The summed E-state index contributed by atoms with van der Waals surface area (Å²) in [4.78, 5) is 0. The van der Waals surface area contributed by atoms with E-state index in [-0.39, 0.29) is 6.29 Å². The van der Waals surface area contributed by atoms with E-state index in [0.29, 0.717) is 19.8 Å². The second-order valence-electron chi connectivity index (χ2n) is 4.05. The highest BCUT2D eigenvalue weighted by Gasteiger charge is 2.07. The molecule has 0 amide bonds. The molecule has 0 radical (unpaired) electrons. The smallest absolute Gasteiger partial charge is 0.169 e. The maximum atomic E-state index is 6.08. The molecule has 0 aliphatic rings. The number of aryl methyl sites for hydroxylation is 1. The van der Waals surface area contributed by atoms with Crippen LogP contribution in [0.5, 0.6) is 0 Å². The standard InChI is InChI=1S/C14H22ClNO2/c1-4-17-14(18-5-2)10-16-9-12-7-6-11(3)13(15)8-12/h6-8,14,16H,4-5,9-10H2,1-3H3. The Morgan fingerprint density at radius 3 is 2.44 bits per heavy atom. The average molecular weight is 272 g/mol. The van der Waals surface area contributed by atoms with Crippen molar-refractivity contribution in [2.24, 2.45) is 0 Å². The summed E-state index contributed by atoms with van der Waals surface area (Å²) in [6.07, 6.45) is -0.180. The van der Waals surface area contributed by atoms with E-state index >= 15 is 0 Å². The summed E-state index contributed by atoms with van der Waals surface area (Å²) in [6, 6.07) is 6.09. The van der Waals surface area contributed by atoms with Gasteiger partial charge in [0.05, 0.1) is 0 Å². The molecule has 0 aliphatic carbocycles. The first kappa shape index (κ1) is 15.4. The van der Waals surface area contributed by atoms with Crippen molar-refractivity contribution >= 4 is 11.6 Å². The molecule has 0 aliphatic heterocycles. The molecule has 3 nitrogen and oxygen atoms in total. The Morgan fingerprint density at radius 1 is 1.22 bits per heavy atom. The highest BCUT2D eigenvalue weighted by molar-refractivity contribution is 6.31. The summed E-state index contributed by atoms with van der Waals surface area (Å²) < 4.78 is 10.9. The van der Waals surface area contributed by atoms with Crippen LogP contribution in [0.2, 0.25) is 5.02 Å². The topological polar surface area (TPSA) is 30.5 Å². The lowest BCUT2D eigenvalue weighted by Crippen LogP contribution is -2.31. The highest BCUT2D eigenvalue weighted by atomic mass is 35.5. The van der Waals surface area contributed by atoms with Crippen molar-refractivity contribution in [3.05, 3.63) is 34.3 Å². The third-order valence-corrected chi connectivity index (χ3v) is 2.99. The molecule has 1 rings (SSSR count). The molecule has 18 heavy (non-hydrogen) atoms. The fourth-order valence-corrected chi connectivity index (χ4v) is 1.82. The second kappa shape index (κ2) is 8.48. The molecular weight excluding hydrogens is 250 g/mol. The third-order valence-electron chi connectivity index (χ3n) is 2.58. The van der Waals surface area contributed by atoms with Crippen molar-refractivity contribution in [2.45, 2.75) is 33.6 Å². The van der Waals surface area contributed by atoms with Gasteiger partial charge in [0, 0.05) is 31.3 Å². The van der Waals surface area contributed by atoms with Gasteiger partial charge in [0.25, 0.3) is 0 Å². The zero-order valence-corrected chi connectivity index (χ0v) is 12.1. The average Bonchev–Trinajstić information content (AvgIpc) is 2.34. The van der Waals surface area contributed by atoms with Crippen LogP contribution in [0, 0.1) is 6.92 Å². The lowest BCUT2D eigenvalue weighted by Gasteiger charge is -2.17. The molecule has 0 atom stereocenters. The second-order valence-corrected chi connectivity index (χ2v) is 4.46. The molecule has 0 heterocycles. The van der Waals surface area contributed by atoms with Crippen LogP contribution in [0.25, 0.3) is 0 Å². The molecule has 1 aromatic carbocycles. The van der Waals surface area contributed by atoms with Gasteiger partial charge in [0.1, 0.15) is 0 Å². The van der Waals surface area contributed by atoms with Crippen LogP contribution in [0.15, 0.2) is 18.2 Å². The molecule has 0 unspecified atom stereocenters. The van der Waals surface area contributed by atoms with Gasteiger partial charge in [0.15, 0.2) is 6.29 Å². The van der Waals surface area contributed by atoms with Gasteiger partial charge in [0.2, 0.25) is 0 Å². The van der Waals surface area contributed by atoms with E-state index in [1.165, 1.54) is 0 Å². The number of nitrogens with one attached hydrogen (secondary N) is 1. The first-order valence-electron chi connectivity index (χ1n) is 6.36. The van der Waals surface area contributed by atoms with Crippen LogP contribution in [0.4, 0.5) is 0 Å². The minimum Gasteiger partial charge on any atom is -0.352 e. The molecule has 0 saturated carbocycles. The predicted octanol–water partition coefficient (Wildman–Crippen LogP) is 3.14. The van der Waals surface area contributed by atoms with Crippen molar-refractivity contribution in [1.82, 2.24) is 5.32 Å². The normalized spacial score (nSPS) is 11.2. The first-order chi connectivity index (χ1) is 8.67. The molecule has 102 valence electrons. The van der Waals surface area contributed by atoms with Gasteiger partial charge in [-0.1, -0.05) is 23.7 Å². The van der Waals surface area contributed by atoms with Crippen molar-refractivity contribution in [3.8, 4) is 0 Å². The highest BCUT2D eigenvalue weighted by Crippen LogP contribution is 2.16. The van der Waals surface area contributed by atoms with Gasteiger partial charge in [-0.2, -0.15) is 0 Å². The Morgan fingerprint density at radius 2 is 1.89 bits per heavy atom. The van der Waals surface area contributed by atoms with E-state index in [1.54, 1.807) is 0 Å². The Kier molecular flexibility index (Phi) is 7.28. The van der Waals surface area contributed by atoms with Crippen LogP contribution in [0.3, 0.4) is 0 Å². The summed E-state index contributed by atoms with van der Waals surface area (Å²) >= 11 is 6.08. The van der Waals surface area contributed by atoms with Crippen molar-refractivity contribution < 1.29 is 9.47 Å². The predicted molar refractivity (Wildman–Crippen MR) is 74.9 cm³/mol. The number of ether oxygens (including phenoxy) is 2. The lowest BCUT2D eigenvalue weighted by molar-refractivity contribution is -0.133.